The van der Waals surface area contributed by atoms with Crippen LogP contribution >= 0.6 is 7.14 Å². The van der Waals surface area contributed by atoms with E-state index in [-0.39, 0.29) is 0 Å². The van der Waals surface area contributed by atoms with Crippen molar-refractivity contribution in [3.63, 3.8) is 0 Å². The van der Waals surface area contributed by atoms with Gasteiger partial charge in [0, 0.05) is 32.2 Å². The largest absolute Gasteiger partial charge is 0.309 e. The Morgan fingerprint density at radius 3 is 1.63 bits per heavy atom. The average molecular weight is 673 g/mol. The minimum Gasteiger partial charge on any atom is -0.309 e. The zero-order valence-electron chi connectivity index (χ0n) is 27.8. The molecule has 9 aromatic rings. The highest BCUT2D eigenvalue weighted by Gasteiger charge is 2.29. The number of fused-ring (bicyclic) bond motifs is 3. The molecule has 51 heavy (non-hydrogen) atoms. The van der Waals surface area contributed by atoms with Crippen LogP contribution in [0.1, 0.15) is 0 Å². The summed E-state index contributed by atoms with van der Waals surface area (Å²) in [6.45, 7) is 0. The molecule has 3 nitrogen and oxygen atoms in total. The van der Waals surface area contributed by atoms with Crippen molar-refractivity contribution in [2.24, 2.45) is 0 Å². The molecule has 1 aromatic heterocycles. The SMILES string of the molecule is O=P(c1ccccc1)(c1ccccc1)c1ccc(-c2cccc(-c3nn(-c4ccccc4)c4c3c(-c3ccccc3)cc3ccccc34)c2)cc1. The van der Waals surface area contributed by atoms with Gasteiger partial charge >= 0.3 is 0 Å². The van der Waals surface area contributed by atoms with E-state index in [4.69, 9.17) is 5.10 Å². The number of para-hydroxylation sites is 1. The van der Waals surface area contributed by atoms with Gasteiger partial charge in [0.05, 0.1) is 11.2 Å². The maximum atomic E-state index is 15.0. The Morgan fingerprint density at radius 2 is 0.961 bits per heavy atom. The normalized spacial score (nSPS) is 11.6. The standard InChI is InChI=1S/C47H33N2OP/c50-51(40-23-9-3-10-24-40,41-25-11-4-12-26-41)42-30-28-34(29-31-42)36-19-15-20-38(32-36)46-45-44(35-16-5-1-6-17-35)33-37-18-13-14-27-43(37)47(45)49(48-46)39-21-7-2-8-22-39/h1-33H. The first-order chi connectivity index (χ1) is 25.2. The number of hydrogen-bond donors (Lipinski definition) is 0. The van der Waals surface area contributed by atoms with Crippen molar-refractivity contribution in [2.45, 2.75) is 0 Å². The number of nitrogens with zero attached hydrogens (tertiary/aromatic N) is 2. The Balaban J connectivity index is 1.22. The van der Waals surface area contributed by atoms with Gasteiger partial charge in [0.15, 0.2) is 7.14 Å². The van der Waals surface area contributed by atoms with E-state index in [0.29, 0.717) is 0 Å². The van der Waals surface area contributed by atoms with Gasteiger partial charge in [-0.15, -0.1) is 0 Å². The molecule has 0 atom stereocenters. The zero-order chi connectivity index (χ0) is 34.2. The molecule has 0 aliphatic carbocycles. The van der Waals surface area contributed by atoms with E-state index in [1.54, 1.807) is 0 Å². The van der Waals surface area contributed by atoms with E-state index >= 15 is 0 Å². The second-order valence-electron chi connectivity index (χ2n) is 12.7. The molecule has 242 valence electrons. The maximum absolute atomic E-state index is 15.0. The first kappa shape index (κ1) is 30.8. The van der Waals surface area contributed by atoms with E-state index < -0.39 is 7.14 Å². The second kappa shape index (κ2) is 12.9. The van der Waals surface area contributed by atoms with Crippen molar-refractivity contribution < 1.29 is 4.57 Å². The van der Waals surface area contributed by atoms with E-state index in [9.17, 15) is 4.57 Å². The summed E-state index contributed by atoms with van der Waals surface area (Å²) in [6.07, 6.45) is 0. The quantitative estimate of drug-likeness (QED) is 0.158. The van der Waals surface area contributed by atoms with Crippen LogP contribution in [0.3, 0.4) is 0 Å². The Morgan fingerprint density at radius 1 is 0.431 bits per heavy atom. The third-order valence-electron chi connectivity index (χ3n) is 9.70. The van der Waals surface area contributed by atoms with Crippen molar-refractivity contribution >= 4 is 44.7 Å². The zero-order valence-corrected chi connectivity index (χ0v) is 28.7. The van der Waals surface area contributed by atoms with Crippen LogP contribution < -0.4 is 15.9 Å². The highest BCUT2D eigenvalue weighted by Crippen LogP contribution is 2.44. The third kappa shape index (κ3) is 5.40. The first-order valence-electron chi connectivity index (χ1n) is 17.2. The molecular formula is C47H33N2OP. The summed E-state index contributed by atoms with van der Waals surface area (Å²) < 4.78 is 17.1. The van der Waals surface area contributed by atoms with Crippen LogP contribution in [-0.2, 0) is 4.57 Å². The summed E-state index contributed by atoms with van der Waals surface area (Å²) in [7, 11) is -3.07. The molecule has 8 aromatic carbocycles. The van der Waals surface area contributed by atoms with Crippen LogP contribution in [0.25, 0.3) is 60.9 Å². The monoisotopic (exact) mass is 672 g/mol. The van der Waals surface area contributed by atoms with Crippen LogP contribution in [0.15, 0.2) is 200 Å². The molecule has 0 amide bonds. The van der Waals surface area contributed by atoms with E-state index in [2.05, 4.69) is 126 Å². The predicted octanol–water partition coefficient (Wildman–Crippen LogP) is 10.8. The van der Waals surface area contributed by atoms with Gasteiger partial charge in [0.2, 0.25) is 0 Å². The van der Waals surface area contributed by atoms with Crippen LogP contribution in [-0.4, -0.2) is 9.78 Å². The lowest BCUT2D eigenvalue weighted by atomic mass is 9.93. The van der Waals surface area contributed by atoms with Gasteiger partial charge in [-0.1, -0.05) is 176 Å². The molecule has 1 heterocycles. The van der Waals surface area contributed by atoms with E-state index in [1.807, 2.05) is 78.9 Å². The molecule has 9 rings (SSSR count). The predicted molar refractivity (Wildman–Crippen MR) is 214 cm³/mol. The highest BCUT2D eigenvalue weighted by atomic mass is 31.2. The summed E-state index contributed by atoms with van der Waals surface area (Å²) in [5.74, 6) is 0. The van der Waals surface area contributed by atoms with Crippen molar-refractivity contribution in [3.05, 3.63) is 200 Å². The topological polar surface area (TPSA) is 34.9 Å². The Hall–Kier alpha value is -6.28. The number of benzene rings is 8. The fourth-order valence-electron chi connectivity index (χ4n) is 7.22. The van der Waals surface area contributed by atoms with Gasteiger partial charge in [0.25, 0.3) is 0 Å². The molecule has 0 unspecified atom stereocenters. The Kier molecular flexibility index (Phi) is 7.76. The lowest BCUT2D eigenvalue weighted by molar-refractivity contribution is 0.592. The smallest absolute Gasteiger partial charge is 0.171 e. The first-order valence-corrected chi connectivity index (χ1v) is 18.9. The summed E-state index contributed by atoms with van der Waals surface area (Å²) in [5, 5.41) is 11.3. The molecule has 0 saturated heterocycles. The van der Waals surface area contributed by atoms with Crippen molar-refractivity contribution in [2.75, 3.05) is 0 Å². The maximum Gasteiger partial charge on any atom is 0.171 e. The van der Waals surface area contributed by atoms with Gasteiger partial charge < -0.3 is 4.57 Å². The summed E-state index contributed by atoms with van der Waals surface area (Å²) >= 11 is 0. The highest BCUT2D eigenvalue weighted by molar-refractivity contribution is 7.85. The molecule has 0 fully saturated rings. The average Bonchev–Trinajstić information content (AvgIpc) is 3.63. The van der Waals surface area contributed by atoms with Crippen LogP contribution in [0.2, 0.25) is 0 Å². The van der Waals surface area contributed by atoms with E-state index in [1.165, 1.54) is 5.39 Å². The van der Waals surface area contributed by atoms with Crippen molar-refractivity contribution in [1.82, 2.24) is 9.78 Å². The van der Waals surface area contributed by atoms with Gasteiger partial charge in [-0.25, -0.2) is 4.68 Å². The number of aromatic nitrogens is 2. The molecular weight excluding hydrogens is 640 g/mol. The number of rotatable bonds is 7. The summed E-state index contributed by atoms with van der Waals surface area (Å²) in [6, 6.07) is 68.4. The Labute approximate surface area is 297 Å². The molecule has 0 saturated carbocycles. The van der Waals surface area contributed by atoms with Gasteiger partial charge in [-0.2, -0.15) is 5.10 Å². The summed E-state index contributed by atoms with van der Waals surface area (Å²) in [4.78, 5) is 0. The van der Waals surface area contributed by atoms with Gasteiger partial charge in [0.1, 0.15) is 5.69 Å². The van der Waals surface area contributed by atoms with E-state index in [0.717, 1.165) is 71.4 Å². The van der Waals surface area contributed by atoms with Crippen LogP contribution in [0.5, 0.6) is 0 Å². The van der Waals surface area contributed by atoms with Gasteiger partial charge in [-0.3, -0.25) is 0 Å². The van der Waals surface area contributed by atoms with Gasteiger partial charge in [-0.05, 0) is 51.9 Å². The van der Waals surface area contributed by atoms with Crippen LogP contribution in [0.4, 0.5) is 0 Å². The molecule has 0 aliphatic rings. The number of hydrogen-bond acceptors (Lipinski definition) is 2. The molecule has 4 heteroatoms. The third-order valence-corrected chi connectivity index (χ3v) is 12.8. The molecule has 0 bridgehead atoms. The molecule has 0 spiro atoms. The second-order valence-corrected chi connectivity index (χ2v) is 15.5. The Bertz CT molecular complexity index is 2640. The fourth-order valence-corrected chi connectivity index (χ4v) is 9.87. The molecule has 0 aliphatic heterocycles. The summed E-state index contributed by atoms with van der Waals surface area (Å²) in [5.41, 5.74) is 8.46. The van der Waals surface area contributed by atoms with Crippen molar-refractivity contribution in [1.29, 1.82) is 0 Å². The molecule has 0 N–H and O–H groups in total. The minimum absolute atomic E-state index is 0.812. The van der Waals surface area contributed by atoms with Crippen LogP contribution in [0, 0.1) is 0 Å². The van der Waals surface area contributed by atoms with Crippen molar-refractivity contribution in [3.8, 4) is 39.2 Å². The minimum atomic E-state index is -3.07. The fraction of sp³-hybridized carbons (Fsp3) is 0. The molecule has 0 radical (unpaired) electrons. The lowest BCUT2D eigenvalue weighted by Crippen LogP contribution is -2.24. The lowest BCUT2D eigenvalue weighted by Gasteiger charge is -2.20.